The second kappa shape index (κ2) is 8.60. The highest BCUT2D eigenvalue weighted by atomic mass is 19.4. The van der Waals surface area contributed by atoms with Crippen molar-refractivity contribution in [2.45, 2.75) is 71.1 Å². The number of benzene rings is 1. The fourth-order valence-corrected chi connectivity index (χ4v) is 3.53. The van der Waals surface area contributed by atoms with Crippen LogP contribution in [-0.4, -0.2) is 6.36 Å². The zero-order valence-electron chi connectivity index (χ0n) is 13.9. The maximum atomic E-state index is 12.1. The number of halogens is 3. The number of rotatable bonds is 7. The molecule has 0 aliphatic heterocycles. The Balaban J connectivity index is 1.70. The monoisotopic (exact) mass is 328 g/mol. The highest BCUT2D eigenvalue weighted by Gasteiger charge is 2.31. The quantitative estimate of drug-likeness (QED) is 0.554. The van der Waals surface area contributed by atoms with Crippen molar-refractivity contribution in [3.8, 4) is 5.75 Å². The van der Waals surface area contributed by atoms with Crippen LogP contribution in [0, 0.1) is 11.8 Å². The van der Waals surface area contributed by atoms with E-state index < -0.39 is 6.36 Å². The van der Waals surface area contributed by atoms with E-state index in [9.17, 15) is 13.2 Å². The molecule has 1 aromatic rings. The Morgan fingerprint density at radius 1 is 0.957 bits per heavy atom. The highest BCUT2D eigenvalue weighted by molar-refractivity contribution is 5.27. The van der Waals surface area contributed by atoms with Crippen LogP contribution in [0.5, 0.6) is 5.75 Å². The predicted octanol–water partition coefficient (Wildman–Crippen LogP) is 6.51. The van der Waals surface area contributed by atoms with Gasteiger partial charge in [0.2, 0.25) is 0 Å². The van der Waals surface area contributed by atoms with Crippen molar-refractivity contribution in [3.63, 3.8) is 0 Å². The first-order chi connectivity index (χ1) is 11.0. The Kier molecular flexibility index (Phi) is 6.79. The van der Waals surface area contributed by atoms with Crippen LogP contribution in [0.2, 0.25) is 0 Å². The largest absolute Gasteiger partial charge is 0.573 e. The molecule has 1 fully saturated rings. The molecule has 1 saturated carbocycles. The van der Waals surface area contributed by atoms with Gasteiger partial charge in [-0.15, -0.1) is 13.2 Å². The molecule has 0 saturated heterocycles. The standard InChI is InChI=1S/C19H27F3O/c1-2-3-4-15-5-7-16(8-6-15)9-10-17-11-13-18(14-12-17)23-19(20,21)22/h11-16H,2-10H2,1H3/t15-,16-. The topological polar surface area (TPSA) is 9.23 Å². The van der Waals surface area contributed by atoms with Gasteiger partial charge in [-0.3, -0.25) is 0 Å². The summed E-state index contributed by atoms with van der Waals surface area (Å²) in [6.45, 7) is 2.25. The molecule has 2 rings (SSSR count). The Morgan fingerprint density at radius 2 is 1.52 bits per heavy atom. The molecule has 0 unspecified atom stereocenters. The minimum Gasteiger partial charge on any atom is -0.406 e. The van der Waals surface area contributed by atoms with Gasteiger partial charge in [0.15, 0.2) is 0 Å². The summed E-state index contributed by atoms with van der Waals surface area (Å²) in [6, 6.07) is 6.30. The molecule has 1 aliphatic rings. The van der Waals surface area contributed by atoms with Crippen molar-refractivity contribution in [2.75, 3.05) is 0 Å². The van der Waals surface area contributed by atoms with E-state index in [1.807, 2.05) is 0 Å². The number of hydrogen-bond acceptors (Lipinski definition) is 1. The average Bonchev–Trinajstić information content (AvgIpc) is 2.52. The van der Waals surface area contributed by atoms with Gasteiger partial charge in [-0.2, -0.15) is 0 Å². The van der Waals surface area contributed by atoms with Gasteiger partial charge in [0.25, 0.3) is 0 Å². The van der Waals surface area contributed by atoms with Gasteiger partial charge in [0.05, 0.1) is 0 Å². The lowest BCUT2D eigenvalue weighted by Crippen LogP contribution is -2.17. The van der Waals surface area contributed by atoms with Gasteiger partial charge in [0.1, 0.15) is 5.75 Å². The van der Waals surface area contributed by atoms with Crippen molar-refractivity contribution < 1.29 is 17.9 Å². The van der Waals surface area contributed by atoms with E-state index in [0.717, 1.165) is 30.2 Å². The van der Waals surface area contributed by atoms with Gasteiger partial charge in [0, 0.05) is 0 Å². The molecule has 1 nitrogen and oxygen atoms in total. The minimum atomic E-state index is -4.61. The van der Waals surface area contributed by atoms with Crippen LogP contribution in [0.25, 0.3) is 0 Å². The molecule has 4 heteroatoms. The number of unbranched alkanes of at least 4 members (excludes halogenated alkanes) is 1. The van der Waals surface area contributed by atoms with Crippen LogP contribution in [0.4, 0.5) is 13.2 Å². The molecular weight excluding hydrogens is 301 g/mol. The van der Waals surface area contributed by atoms with E-state index >= 15 is 0 Å². The lowest BCUT2D eigenvalue weighted by molar-refractivity contribution is -0.274. The molecule has 23 heavy (non-hydrogen) atoms. The highest BCUT2D eigenvalue weighted by Crippen LogP contribution is 2.34. The Morgan fingerprint density at radius 3 is 2.04 bits per heavy atom. The van der Waals surface area contributed by atoms with Gasteiger partial charge in [-0.1, -0.05) is 64.0 Å². The predicted molar refractivity (Wildman–Crippen MR) is 86.4 cm³/mol. The normalized spacial score (nSPS) is 22.1. The molecular formula is C19H27F3O. The summed E-state index contributed by atoms with van der Waals surface area (Å²) < 4.78 is 40.3. The molecule has 0 radical (unpaired) electrons. The molecule has 0 N–H and O–H groups in total. The molecule has 0 spiro atoms. The van der Waals surface area contributed by atoms with Crippen LogP contribution in [0.15, 0.2) is 24.3 Å². The smallest absolute Gasteiger partial charge is 0.406 e. The summed E-state index contributed by atoms with van der Waals surface area (Å²) in [5.74, 6) is 1.56. The second-order valence-electron chi connectivity index (χ2n) is 6.76. The SMILES string of the molecule is CCCC[C@H]1CC[C@H](CCc2ccc(OC(F)(F)F)cc2)CC1. The molecule has 130 valence electrons. The average molecular weight is 328 g/mol. The number of aryl methyl sites for hydroxylation is 1. The summed E-state index contributed by atoms with van der Waals surface area (Å²) in [7, 11) is 0. The van der Waals surface area contributed by atoms with Crippen LogP contribution >= 0.6 is 0 Å². The third-order valence-corrected chi connectivity index (χ3v) is 4.93. The fourth-order valence-electron chi connectivity index (χ4n) is 3.53. The van der Waals surface area contributed by atoms with Crippen LogP contribution in [-0.2, 0) is 6.42 Å². The van der Waals surface area contributed by atoms with Gasteiger partial charge in [-0.05, 0) is 42.4 Å². The number of alkyl halides is 3. The minimum absolute atomic E-state index is 0.141. The molecule has 1 aromatic carbocycles. The summed E-state index contributed by atoms with van der Waals surface area (Å²) in [5, 5.41) is 0. The van der Waals surface area contributed by atoms with Gasteiger partial charge in [-0.25, -0.2) is 0 Å². The zero-order chi connectivity index (χ0) is 16.7. The van der Waals surface area contributed by atoms with Crippen LogP contribution in [0.3, 0.4) is 0 Å². The first-order valence-corrected chi connectivity index (χ1v) is 8.81. The second-order valence-corrected chi connectivity index (χ2v) is 6.76. The van der Waals surface area contributed by atoms with Crippen molar-refractivity contribution in [2.24, 2.45) is 11.8 Å². The lowest BCUT2D eigenvalue weighted by Gasteiger charge is -2.28. The van der Waals surface area contributed by atoms with Gasteiger partial charge >= 0.3 is 6.36 Å². The van der Waals surface area contributed by atoms with E-state index in [0.29, 0.717) is 0 Å². The van der Waals surface area contributed by atoms with Crippen LogP contribution in [0.1, 0.15) is 63.9 Å². The Labute approximate surface area is 137 Å². The molecule has 1 aliphatic carbocycles. The number of hydrogen-bond donors (Lipinski definition) is 0. The third-order valence-electron chi connectivity index (χ3n) is 4.93. The van der Waals surface area contributed by atoms with Gasteiger partial charge < -0.3 is 4.74 Å². The third kappa shape index (κ3) is 6.84. The van der Waals surface area contributed by atoms with E-state index in [2.05, 4.69) is 11.7 Å². The summed E-state index contributed by atoms with van der Waals surface area (Å²) in [5.41, 5.74) is 1.09. The first-order valence-electron chi connectivity index (χ1n) is 8.81. The molecule has 0 heterocycles. The van der Waals surface area contributed by atoms with Crippen molar-refractivity contribution in [1.29, 1.82) is 0 Å². The molecule has 0 bridgehead atoms. The molecule has 0 atom stereocenters. The maximum Gasteiger partial charge on any atom is 0.573 e. The summed E-state index contributed by atoms with van der Waals surface area (Å²) in [6.07, 6.45) is 6.80. The Bertz CT molecular complexity index is 445. The van der Waals surface area contributed by atoms with Crippen molar-refractivity contribution >= 4 is 0 Å². The fraction of sp³-hybridized carbons (Fsp3) is 0.684. The summed E-state index contributed by atoms with van der Waals surface area (Å²) >= 11 is 0. The summed E-state index contributed by atoms with van der Waals surface area (Å²) in [4.78, 5) is 0. The van der Waals surface area contributed by atoms with Crippen LogP contribution < -0.4 is 4.74 Å². The first kappa shape index (κ1) is 18.2. The molecule has 0 amide bonds. The van der Waals surface area contributed by atoms with E-state index in [-0.39, 0.29) is 5.75 Å². The van der Waals surface area contributed by atoms with Crippen molar-refractivity contribution in [3.05, 3.63) is 29.8 Å². The van der Waals surface area contributed by atoms with E-state index in [4.69, 9.17) is 0 Å². The lowest BCUT2D eigenvalue weighted by atomic mass is 9.78. The molecule has 0 aromatic heterocycles. The Hall–Kier alpha value is -1.19. The van der Waals surface area contributed by atoms with E-state index in [1.165, 1.54) is 57.1 Å². The zero-order valence-corrected chi connectivity index (χ0v) is 13.9. The van der Waals surface area contributed by atoms with Crippen molar-refractivity contribution in [1.82, 2.24) is 0 Å². The number of ether oxygens (including phenoxy) is 1. The maximum absolute atomic E-state index is 12.1. The van der Waals surface area contributed by atoms with E-state index in [1.54, 1.807) is 12.1 Å².